The second kappa shape index (κ2) is 6.79. The number of imide groups is 1. The third-order valence-corrected chi connectivity index (χ3v) is 4.16. The number of carbonyl (C=O) groups is 3. The van der Waals surface area contributed by atoms with Gasteiger partial charge in [0.2, 0.25) is 0 Å². The van der Waals surface area contributed by atoms with Gasteiger partial charge in [-0.15, -0.1) is 0 Å². The number of amides is 4. The summed E-state index contributed by atoms with van der Waals surface area (Å²) in [4.78, 5) is 37.3. The monoisotopic (exact) mass is 415 g/mol. The zero-order chi connectivity index (χ0) is 20.7. The molecule has 0 spiro atoms. The van der Waals surface area contributed by atoms with E-state index in [-0.39, 0.29) is 21.2 Å². The molecule has 2 aromatic carbocycles. The van der Waals surface area contributed by atoms with Gasteiger partial charge in [0, 0.05) is 10.6 Å². The molecule has 0 radical (unpaired) electrons. The molecule has 0 saturated carbocycles. The first-order chi connectivity index (χ1) is 13.0. The molecule has 1 fully saturated rings. The van der Waals surface area contributed by atoms with Crippen molar-refractivity contribution in [2.75, 3.05) is 4.90 Å². The molecule has 0 bridgehead atoms. The molecule has 2 aromatic rings. The van der Waals surface area contributed by atoms with Crippen molar-refractivity contribution < 1.29 is 31.9 Å². The highest BCUT2D eigenvalue weighted by atomic mass is 35.5. The first kappa shape index (κ1) is 19.6. The molecule has 1 saturated heterocycles. The van der Waals surface area contributed by atoms with E-state index < -0.39 is 35.5 Å². The molecule has 4 amide bonds. The quantitative estimate of drug-likeness (QED) is 0.597. The number of anilines is 1. The lowest BCUT2D eigenvalue weighted by atomic mass is 10.1. The Morgan fingerprint density at radius 1 is 1.11 bits per heavy atom. The molecular formula is C17H10ClF4N3O3. The summed E-state index contributed by atoms with van der Waals surface area (Å²) in [6, 6.07) is 7.26. The Labute approximate surface area is 160 Å². The zero-order valence-electron chi connectivity index (χ0n) is 13.7. The minimum Gasteiger partial charge on any atom is -0.314 e. The number of halogens is 5. The Morgan fingerprint density at radius 3 is 2.32 bits per heavy atom. The highest BCUT2D eigenvalue weighted by Gasteiger charge is 2.69. The van der Waals surface area contributed by atoms with Crippen molar-refractivity contribution in [2.24, 2.45) is 0 Å². The first-order valence-corrected chi connectivity index (χ1v) is 8.00. The lowest BCUT2D eigenvalue weighted by Crippen LogP contribution is -2.69. The normalized spacial score (nSPS) is 19.5. The van der Waals surface area contributed by atoms with Gasteiger partial charge in [0.25, 0.3) is 17.5 Å². The molecule has 1 heterocycles. The van der Waals surface area contributed by atoms with Crippen LogP contribution in [0.5, 0.6) is 0 Å². The number of benzene rings is 2. The van der Waals surface area contributed by atoms with Crippen LogP contribution in [0.3, 0.4) is 0 Å². The summed E-state index contributed by atoms with van der Waals surface area (Å²) in [6.45, 7) is 0. The largest absolute Gasteiger partial charge is 0.440 e. The van der Waals surface area contributed by atoms with Crippen molar-refractivity contribution in [3.63, 3.8) is 0 Å². The van der Waals surface area contributed by atoms with E-state index in [0.29, 0.717) is 0 Å². The fraction of sp³-hybridized carbons (Fsp3) is 0.118. The van der Waals surface area contributed by atoms with Crippen LogP contribution in [-0.2, 0) is 4.79 Å². The molecule has 1 unspecified atom stereocenters. The Balaban J connectivity index is 2.00. The van der Waals surface area contributed by atoms with Gasteiger partial charge >= 0.3 is 12.2 Å². The minimum absolute atomic E-state index is 0.0814. The van der Waals surface area contributed by atoms with Crippen molar-refractivity contribution in [3.05, 3.63) is 64.9 Å². The summed E-state index contributed by atoms with van der Waals surface area (Å²) < 4.78 is 54.3. The Morgan fingerprint density at radius 2 is 1.75 bits per heavy atom. The number of nitrogens with zero attached hydrogens (tertiary/aromatic N) is 1. The maximum atomic E-state index is 13.8. The van der Waals surface area contributed by atoms with Crippen LogP contribution in [-0.4, -0.2) is 29.7 Å². The van der Waals surface area contributed by atoms with Crippen LogP contribution in [0.15, 0.2) is 48.5 Å². The smallest absolute Gasteiger partial charge is 0.314 e. The molecule has 146 valence electrons. The van der Waals surface area contributed by atoms with Gasteiger partial charge in [-0.3, -0.25) is 14.9 Å². The molecule has 6 nitrogen and oxygen atoms in total. The highest BCUT2D eigenvalue weighted by molar-refractivity contribution is 6.31. The molecular weight excluding hydrogens is 406 g/mol. The molecule has 0 aromatic heterocycles. The lowest BCUT2D eigenvalue weighted by Gasteiger charge is -2.29. The van der Waals surface area contributed by atoms with Crippen molar-refractivity contribution >= 4 is 35.1 Å². The summed E-state index contributed by atoms with van der Waals surface area (Å²) in [7, 11) is 0. The van der Waals surface area contributed by atoms with Crippen LogP contribution in [0.1, 0.15) is 10.4 Å². The summed E-state index contributed by atoms with van der Waals surface area (Å²) in [5.74, 6) is -3.80. The number of alkyl halides is 3. The number of rotatable bonds is 3. The summed E-state index contributed by atoms with van der Waals surface area (Å²) in [5.41, 5.74) is -4.25. The van der Waals surface area contributed by atoms with Crippen LogP contribution < -0.4 is 15.5 Å². The molecule has 1 atom stereocenters. The maximum Gasteiger partial charge on any atom is 0.440 e. The molecule has 1 aliphatic rings. The van der Waals surface area contributed by atoms with Gasteiger partial charge in [-0.1, -0.05) is 17.7 Å². The SMILES string of the molecule is O=C(NC1(C(F)(F)F)NC(=O)N(c2cccc(Cl)c2)C1=O)c1ccc(F)cc1. The Hall–Kier alpha value is -3.14. The fourth-order valence-electron chi connectivity index (χ4n) is 2.57. The average Bonchev–Trinajstić information content (AvgIpc) is 2.86. The first-order valence-electron chi connectivity index (χ1n) is 7.62. The predicted molar refractivity (Wildman–Crippen MR) is 90.1 cm³/mol. The van der Waals surface area contributed by atoms with E-state index in [2.05, 4.69) is 0 Å². The van der Waals surface area contributed by atoms with Gasteiger partial charge in [0.05, 0.1) is 5.69 Å². The van der Waals surface area contributed by atoms with Gasteiger partial charge < -0.3 is 5.32 Å². The second-order valence-corrected chi connectivity index (χ2v) is 6.20. The van der Waals surface area contributed by atoms with E-state index in [0.717, 1.165) is 30.3 Å². The van der Waals surface area contributed by atoms with E-state index in [4.69, 9.17) is 11.6 Å². The van der Waals surface area contributed by atoms with Crippen LogP contribution >= 0.6 is 11.6 Å². The standard InChI is InChI=1S/C17H10ClF4N3O3/c18-10-2-1-3-12(8-10)25-14(27)16(17(20,21)22,24-15(25)28)23-13(26)9-4-6-11(19)7-5-9/h1-8H,(H,23,26)(H,24,28). The highest BCUT2D eigenvalue weighted by Crippen LogP contribution is 2.36. The topological polar surface area (TPSA) is 78.5 Å². The van der Waals surface area contributed by atoms with Gasteiger partial charge in [0.15, 0.2) is 0 Å². The predicted octanol–water partition coefficient (Wildman–Crippen LogP) is 3.22. The van der Waals surface area contributed by atoms with Gasteiger partial charge in [-0.25, -0.2) is 14.1 Å². The third kappa shape index (κ3) is 3.26. The van der Waals surface area contributed by atoms with E-state index in [9.17, 15) is 31.9 Å². The van der Waals surface area contributed by atoms with Crippen molar-refractivity contribution in [2.45, 2.75) is 11.8 Å². The fourth-order valence-corrected chi connectivity index (χ4v) is 2.76. The van der Waals surface area contributed by atoms with E-state index in [1.165, 1.54) is 28.8 Å². The molecule has 0 aliphatic carbocycles. The minimum atomic E-state index is -5.37. The summed E-state index contributed by atoms with van der Waals surface area (Å²) in [6.07, 6.45) is -5.37. The van der Waals surface area contributed by atoms with Crippen molar-refractivity contribution in [3.8, 4) is 0 Å². The van der Waals surface area contributed by atoms with Crippen LogP contribution in [0.4, 0.5) is 28.0 Å². The van der Waals surface area contributed by atoms with Gasteiger partial charge in [0.1, 0.15) is 5.82 Å². The molecule has 2 N–H and O–H groups in total. The summed E-state index contributed by atoms with van der Waals surface area (Å²) >= 11 is 5.76. The molecule has 3 rings (SSSR count). The van der Waals surface area contributed by atoms with Gasteiger partial charge in [-0.05, 0) is 42.5 Å². The van der Waals surface area contributed by atoms with Crippen LogP contribution in [0.25, 0.3) is 0 Å². The van der Waals surface area contributed by atoms with Crippen molar-refractivity contribution in [1.82, 2.24) is 10.6 Å². The number of carbonyl (C=O) groups excluding carboxylic acids is 3. The average molecular weight is 416 g/mol. The van der Waals surface area contributed by atoms with E-state index in [1.807, 2.05) is 0 Å². The molecule has 28 heavy (non-hydrogen) atoms. The number of nitrogens with one attached hydrogen (secondary N) is 2. The lowest BCUT2D eigenvalue weighted by molar-refractivity contribution is -0.197. The zero-order valence-corrected chi connectivity index (χ0v) is 14.4. The second-order valence-electron chi connectivity index (χ2n) is 5.76. The number of hydrogen-bond donors (Lipinski definition) is 2. The maximum absolute atomic E-state index is 13.8. The number of urea groups is 1. The van der Waals surface area contributed by atoms with E-state index in [1.54, 1.807) is 0 Å². The third-order valence-electron chi connectivity index (χ3n) is 3.92. The number of hydrogen-bond acceptors (Lipinski definition) is 3. The Kier molecular flexibility index (Phi) is 4.76. The van der Waals surface area contributed by atoms with Gasteiger partial charge in [-0.2, -0.15) is 13.2 Å². The van der Waals surface area contributed by atoms with Crippen LogP contribution in [0, 0.1) is 5.82 Å². The molecule has 1 aliphatic heterocycles. The van der Waals surface area contributed by atoms with Crippen LogP contribution in [0.2, 0.25) is 5.02 Å². The Bertz CT molecular complexity index is 965. The van der Waals surface area contributed by atoms with Crippen molar-refractivity contribution in [1.29, 1.82) is 0 Å². The summed E-state index contributed by atoms with van der Waals surface area (Å²) in [5, 5.41) is 3.10. The van der Waals surface area contributed by atoms with E-state index >= 15 is 0 Å². The molecule has 11 heteroatoms.